The second-order valence-corrected chi connectivity index (χ2v) is 4.13. The molecule has 1 aromatic heterocycles. The first kappa shape index (κ1) is 11.0. The smallest absolute Gasteiger partial charge is 0.165 e. The van der Waals surface area contributed by atoms with Crippen molar-refractivity contribution in [2.24, 2.45) is 0 Å². The Kier molecular flexibility index (Phi) is 4.80. The molecular formula is C7H8Cl2N2OS. The molecule has 0 aliphatic heterocycles. The molecule has 0 amide bonds. The quantitative estimate of drug-likeness (QED) is 0.646. The molecule has 1 N–H and O–H groups in total. The number of hydrogen-bond acceptors (Lipinski definition) is 4. The van der Waals surface area contributed by atoms with Gasteiger partial charge in [0.05, 0.1) is 0 Å². The molecule has 0 radical (unpaired) electrons. The van der Waals surface area contributed by atoms with Crippen LogP contribution >= 0.6 is 35.0 Å². The molecule has 0 atom stereocenters. The van der Waals surface area contributed by atoms with Crippen LogP contribution in [0.4, 0.5) is 0 Å². The number of halogens is 2. The highest BCUT2D eigenvalue weighted by molar-refractivity contribution is 7.99. The second-order valence-electron chi connectivity index (χ2n) is 2.25. The molecule has 1 heterocycles. The van der Waals surface area contributed by atoms with E-state index >= 15 is 0 Å². The van der Waals surface area contributed by atoms with Gasteiger partial charge in [-0.3, -0.25) is 0 Å². The van der Waals surface area contributed by atoms with E-state index in [0.717, 1.165) is 17.1 Å². The van der Waals surface area contributed by atoms with Crippen molar-refractivity contribution in [2.45, 2.75) is 11.3 Å². The van der Waals surface area contributed by atoms with Gasteiger partial charge in [-0.05, 0) is 12.5 Å². The zero-order valence-electron chi connectivity index (χ0n) is 6.70. The lowest BCUT2D eigenvalue weighted by molar-refractivity contribution is 0.296. The molecule has 0 aliphatic carbocycles. The first-order valence-corrected chi connectivity index (χ1v) is 5.40. The van der Waals surface area contributed by atoms with E-state index in [1.165, 1.54) is 11.8 Å². The number of aliphatic hydroxyl groups is 1. The van der Waals surface area contributed by atoms with E-state index in [4.69, 9.17) is 28.3 Å². The van der Waals surface area contributed by atoms with E-state index < -0.39 is 0 Å². The summed E-state index contributed by atoms with van der Waals surface area (Å²) < 4.78 is 0. The summed E-state index contributed by atoms with van der Waals surface area (Å²) in [7, 11) is 0. The van der Waals surface area contributed by atoms with Crippen molar-refractivity contribution >= 4 is 35.0 Å². The second kappa shape index (κ2) is 5.65. The lowest BCUT2D eigenvalue weighted by atomic mass is 10.5. The highest BCUT2D eigenvalue weighted by atomic mass is 35.5. The van der Waals surface area contributed by atoms with Crippen molar-refractivity contribution in [3.8, 4) is 0 Å². The van der Waals surface area contributed by atoms with Crippen LogP contribution in [0.3, 0.4) is 0 Å². The molecule has 6 heteroatoms. The van der Waals surface area contributed by atoms with Crippen molar-refractivity contribution in [1.29, 1.82) is 0 Å². The molecule has 72 valence electrons. The van der Waals surface area contributed by atoms with Gasteiger partial charge in [0.25, 0.3) is 0 Å². The molecule has 0 saturated heterocycles. The fourth-order valence-corrected chi connectivity index (χ4v) is 2.00. The summed E-state index contributed by atoms with van der Waals surface area (Å²) >= 11 is 12.9. The molecule has 0 bridgehead atoms. The average Bonchev–Trinajstić information content (AvgIpc) is 2.11. The number of hydrogen-bond donors (Lipinski definition) is 1. The van der Waals surface area contributed by atoms with E-state index in [9.17, 15) is 0 Å². The lowest BCUT2D eigenvalue weighted by Crippen LogP contribution is -1.89. The van der Waals surface area contributed by atoms with Crippen LogP contribution in [0.5, 0.6) is 0 Å². The normalized spacial score (nSPS) is 10.4. The largest absolute Gasteiger partial charge is 0.396 e. The van der Waals surface area contributed by atoms with E-state index in [2.05, 4.69) is 10.2 Å². The van der Waals surface area contributed by atoms with E-state index in [1.54, 1.807) is 6.07 Å². The molecule has 0 saturated carbocycles. The predicted octanol–water partition coefficient (Wildman–Crippen LogP) is 2.26. The van der Waals surface area contributed by atoms with Gasteiger partial charge in [0.2, 0.25) is 0 Å². The minimum Gasteiger partial charge on any atom is -0.396 e. The van der Waals surface area contributed by atoms with E-state index in [0.29, 0.717) is 10.3 Å². The van der Waals surface area contributed by atoms with Crippen LogP contribution in [0.15, 0.2) is 11.0 Å². The molecule has 0 aromatic carbocycles. The van der Waals surface area contributed by atoms with E-state index in [-0.39, 0.29) is 6.61 Å². The maximum Gasteiger partial charge on any atom is 0.165 e. The Labute approximate surface area is 90.5 Å². The Bertz CT molecular complexity index is 285. The summed E-state index contributed by atoms with van der Waals surface area (Å²) in [6.45, 7) is 0.177. The maximum atomic E-state index is 8.57. The Morgan fingerprint density at radius 1 is 1.38 bits per heavy atom. The Hall–Kier alpha value is -0.0300. The summed E-state index contributed by atoms with van der Waals surface area (Å²) in [5.74, 6) is 0.790. The molecule has 0 spiro atoms. The molecule has 1 aromatic rings. The topological polar surface area (TPSA) is 46.0 Å². The molecule has 3 nitrogen and oxygen atoms in total. The summed E-state index contributed by atoms with van der Waals surface area (Å²) in [4.78, 5) is 0.801. The number of rotatable bonds is 4. The van der Waals surface area contributed by atoms with Crippen LogP contribution < -0.4 is 0 Å². The SMILES string of the molecule is OCCCSc1cc(Cl)nnc1Cl. The molecule has 1 rings (SSSR count). The lowest BCUT2D eigenvalue weighted by Gasteiger charge is -2.01. The predicted molar refractivity (Wildman–Crippen MR) is 54.5 cm³/mol. The van der Waals surface area contributed by atoms with Crippen LogP contribution in [0.2, 0.25) is 10.3 Å². The summed E-state index contributed by atoms with van der Waals surface area (Å²) in [6.07, 6.45) is 0.723. The third-order valence-corrected chi connectivity index (χ3v) is 2.94. The number of thioether (sulfide) groups is 1. The first-order valence-electron chi connectivity index (χ1n) is 3.66. The first-order chi connectivity index (χ1) is 6.24. The van der Waals surface area contributed by atoms with Gasteiger partial charge >= 0.3 is 0 Å². The van der Waals surface area contributed by atoms with Gasteiger partial charge < -0.3 is 5.11 Å². The number of aliphatic hydroxyl groups excluding tert-OH is 1. The third kappa shape index (κ3) is 3.68. The molecule has 0 unspecified atom stereocenters. The van der Waals surface area contributed by atoms with Crippen molar-refractivity contribution in [2.75, 3.05) is 12.4 Å². The van der Waals surface area contributed by atoms with Crippen LogP contribution in [-0.2, 0) is 0 Å². The monoisotopic (exact) mass is 238 g/mol. The van der Waals surface area contributed by atoms with Gasteiger partial charge in [-0.2, -0.15) is 0 Å². The fourth-order valence-electron chi connectivity index (χ4n) is 0.685. The van der Waals surface area contributed by atoms with Gasteiger partial charge in [0.1, 0.15) is 0 Å². The van der Waals surface area contributed by atoms with Crippen molar-refractivity contribution in [3.05, 3.63) is 16.4 Å². The minimum absolute atomic E-state index is 0.177. The van der Waals surface area contributed by atoms with Crippen molar-refractivity contribution < 1.29 is 5.11 Å². The Morgan fingerprint density at radius 3 is 2.85 bits per heavy atom. The maximum absolute atomic E-state index is 8.57. The molecule has 0 fully saturated rings. The highest BCUT2D eigenvalue weighted by Gasteiger charge is 2.03. The molecule has 0 aliphatic rings. The summed E-state index contributed by atoms with van der Waals surface area (Å²) in [5, 5.41) is 16.5. The van der Waals surface area contributed by atoms with Crippen LogP contribution in [0, 0.1) is 0 Å². The van der Waals surface area contributed by atoms with E-state index in [1.807, 2.05) is 0 Å². The van der Waals surface area contributed by atoms with Gasteiger partial charge in [0.15, 0.2) is 10.3 Å². The minimum atomic E-state index is 0.177. The van der Waals surface area contributed by atoms with Crippen LogP contribution in [0.1, 0.15) is 6.42 Å². The van der Waals surface area contributed by atoms with Gasteiger partial charge in [-0.15, -0.1) is 22.0 Å². The Morgan fingerprint density at radius 2 is 2.15 bits per heavy atom. The Balaban J connectivity index is 2.59. The zero-order valence-corrected chi connectivity index (χ0v) is 9.03. The molecule has 13 heavy (non-hydrogen) atoms. The molecular weight excluding hydrogens is 231 g/mol. The fraction of sp³-hybridized carbons (Fsp3) is 0.429. The standard InChI is InChI=1S/C7H8Cl2N2OS/c8-6-4-5(7(9)11-10-6)13-3-1-2-12/h4,12H,1-3H2. The number of aromatic nitrogens is 2. The van der Waals surface area contributed by atoms with Gasteiger partial charge in [-0.25, -0.2) is 0 Å². The average molecular weight is 239 g/mol. The van der Waals surface area contributed by atoms with Crippen LogP contribution in [-0.4, -0.2) is 27.7 Å². The third-order valence-electron chi connectivity index (χ3n) is 1.25. The highest BCUT2D eigenvalue weighted by Crippen LogP contribution is 2.26. The van der Waals surface area contributed by atoms with Crippen molar-refractivity contribution in [1.82, 2.24) is 10.2 Å². The summed E-state index contributed by atoms with van der Waals surface area (Å²) in [6, 6.07) is 1.67. The zero-order chi connectivity index (χ0) is 9.68. The summed E-state index contributed by atoms with van der Waals surface area (Å²) in [5.41, 5.74) is 0. The van der Waals surface area contributed by atoms with Crippen LogP contribution in [0.25, 0.3) is 0 Å². The van der Waals surface area contributed by atoms with Gasteiger partial charge in [0, 0.05) is 17.3 Å². The van der Waals surface area contributed by atoms with Gasteiger partial charge in [-0.1, -0.05) is 23.2 Å². The van der Waals surface area contributed by atoms with Crippen molar-refractivity contribution in [3.63, 3.8) is 0 Å². The number of nitrogens with zero attached hydrogens (tertiary/aromatic N) is 2.